The second-order valence-electron chi connectivity index (χ2n) is 8.80. The summed E-state index contributed by atoms with van der Waals surface area (Å²) in [7, 11) is 1.28. The van der Waals surface area contributed by atoms with Gasteiger partial charge in [0.1, 0.15) is 29.9 Å². The van der Waals surface area contributed by atoms with E-state index in [2.05, 4.69) is 20.9 Å². The molecule has 218 valence electrons. The molecule has 2 aromatic rings. The van der Waals surface area contributed by atoms with Crippen molar-refractivity contribution in [2.75, 3.05) is 36.3 Å². The minimum absolute atomic E-state index is 0.0659. The van der Waals surface area contributed by atoms with Crippen molar-refractivity contribution in [3.63, 3.8) is 0 Å². The van der Waals surface area contributed by atoms with Crippen LogP contribution < -0.4 is 21.2 Å². The van der Waals surface area contributed by atoms with E-state index in [0.717, 1.165) is 22.7 Å². The molecule has 1 saturated heterocycles. The lowest BCUT2D eigenvalue weighted by Crippen LogP contribution is -2.71. The highest BCUT2D eigenvalue weighted by Gasteiger charge is 2.54. The molecule has 41 heavy (non-hydrogen) atoms. The third-order valence-electron chi connectivity index (χ3n) is 6.02. The molecule has 2 aromatic heterocycles. The second kappa shape index (κ2) is 13.7. The third-order valence-corrected chi connectivity index (χ3v) is 9.13. The van der Waals surface area contributed by atoms with Gasteiger partial charge in [-0.3, -0.25) is 19.3 Å². The van der Waals surface area contributed by atoms with Gasteiger partial charge in [0.25, 0.3) is 11.8 Å². The summed E-state index contributed by atoms with van der Waals surface area (Å²) in [6.07, 6.45) is 5.11. The van der Waals surface area contributed by atoms with E-state index in [1.807, 2.05) is 24.5 Å². The molecule has 17 heteroatoms. The molecular formula is C24H28N7O7S3+. The lowest BCUT2D eigenvalue weighted by atomic mass is 10.0. The number of carbonyl (C=O) groups excluding carboxylic acids is 2. The van der Waals surface area contributed by atoms with Gasteiger partial charge in [-0.05, 0) is 18.4 Å². The number of thiazole rings is 1. The lowest BCUT2D eigenvalue weighted by Gasteiger charge is -2.49. The molecule has 0 radical (unpaired) electrons. The molecule has 0 bridgehead atoms. The quantitative estimate of drug-likeness (QED) is 0.0494. The number of carbonyl (C=O) groups is 4. The van der Waals surface area contributed by atoms with Crippen LogP contribution in [0.4, 0.5) is 5.13 Å². The van der Waals surface area contributed by atoms with Gasteiger partial charge in [0, 0.05) is 40.3 Å². The first-order chi connectivity index (χ1) is 19.7. The van der Waals surface area contributed by atoms with Crippen LogP contribution in [0.15, 0.2) is 51.2 Å². The number of carboxylic acids is 2. The van der Waals surface area contributed by atoms with Crippen LogP contribution in [0.2, 0.25) is 0 Å². The van der Waals surface area contributed by atoms with Crippen molar-refractivity contribution in [1.82, 2.24) is 15.2 Å². The number of hydrogen-bond donors (Lipinski definition) is 5. The van der Waals surface area contributed by atoms with Gasteiger partial charge in [0.2, 0.25) is 12.4 Å². The molecule has 2 aliphatic rings. The smallest absolute Gasteiger partial charge is 0.352 e. The molecule has 2 aliphatic heterocycles. The summed E-state index contributed by atoms with van der Waals surface area (Å²) in [6, 6.07) is 2.82. The highest BCUT2D eigenvalue weighted by atomic mass is 32.2. The lowest BCUT2D eigenvalue weighted by molar-refractivity contribution is -0.650. The van der Waals surface area contributed by atoms with E-state index in [0.29, 0.717) is 30.0 Å². The molecule has 4 heterocycles. The zero-order valence-corrected chi connectivity index (χ0v) is 24.3. The predicted molar refractivity (Wildman–Crippen MR) is 153 cm³/mol. The minimum Gasteiger partial charge on any atom is -0.481 e. The van der Waals surface area contributed by atoms with Gasteiger partial charge in [0.15, 0.2) is 10.8 Å². The Morgan fingerprint density at radius 1 is 1.29 bits per heavy atom. The molecule has 0 aromatic carbocycles. The van der Waals surface area contributed by atoms with E-state index in [9.17, 15) is 24.3 Å². The van der Waals surface area contributed by atoms with Crippen molar-refractivity contribution in [1.29, 1.82) is 0 Å². The van der Waals surface area contributed by atoms with Gasteiger partial charge in [-0.25, -0.2) is 9.78 Å². The molecule has 0 spiro atoms. The summed E-state index contributed by atoms with van der Waals surface area (Å²) in [4.78, 5) is 59.6. The van der Waals surface area contributed by atoms with E-state index in [1.165, 1.54) is 35.5 Å². The molecule has 6 N–H and O–H groups in total. The maximum absolute atomic E-state index is 13.0. The Labute approximate surface area is 247 Å². The number of hydrogen-bond acceptors (Lipinski definition) is 12. The first-order valence-corrected chi connectivity index (χ1v) is 15.2. The van der Waals surface area contributed by atoms with Crippen molar-refractivity contribution < 1.29 is 38.9 Å². The van der Waals surface area contributed by atoms with E-state index in [-0.39, 0.29) is 28.7 Å². The Morgan fingerprint density at radius 3 is 2.68 bits per heavy atom. The Morgan fingerprint density at radius 2 is 2.05 bits per heavy atom. The monoisotopic (exact) mass is 622 g/mol. The summed E-state index contributed by atoms with van der Waals surface area (Å²) in [5.74, 6) is -2.49. The number of carboxylic acid groups (broad SMARTS) is 2. The standard InChI is InChI=1S/C24H27N7O7S3/c1-38-29-17(15-12-41-24(25)27-15)20(34)28-18-21(35)31-19(23(36)37)13(11-40-22(18)31)10-39-14-5-8-30(9-6-14)26-7-3-2-4-16(32)33/h5-6,8-9,12,18,22,26H,2-4,7,10-11H2,1H3,(H4-,25,27,28,32,33,34,36,37)/p+1/t18-,22-/m1/s1. The third kappa shape index (κ3) is 7.28. The number of pyridine rings is 1. The van der Waals surface area contributed by atoms with Crippen molar-refractivity contribution in [3.8, 4) is 0 Å². The molecule has 2 amide bonds. The number of β-lactam (4-membered cyclic amide) rings is 1. The Balaban J connectivity index is 1.35. The number of nitrogens with zero attached hydrogens (tertiary/aromatic N) is 4. The number of aromatic nitrogens is 2. The van der Waals surface area contributed by atoms with Gasteiger partial charge in [-0.2, -0.15) is 5.43 Å². The van der Waals surface area contributed by atoms with Gasteiger partial charge in [0.05, 0.1) is 6.54 Å². The molecular weight excluding hydrogens is 595 g/mol. The van der Waals surface area contributed by atoms with Crippen LogP contribution in [-0.4, -0.2) is 86.1 Å². The number of thioether (sulfide) groups is 2. The van der Waals surface area contributed by atoms with Gasteiger partial charge in [-0.1, -0.05) is 9.83 Å². The summed E-state index contributed by atoms with van der Waals surface area (Å²) < 4.78 is 1.77. The first-order valence-electron chi connectivity index (χ1n) is 12.3. The average molecular weight is 623 g/mol. The van der Waals surface area contributed by atoms with Crippen molar-refractivity contribution in [2.24, 2.45) is 5.16 Å². The Hall–Kier alpha value is -3.83. The fraction of sp³-hybridized carbons (Fsp3) is 0.375. The summed E-state index contributed by atoms with van der Waals surface area (Å²) in [5, 5.41) is 26.2. The number of anilines is 1. The summed E-state index contributed by atoms with van der Waals surface area (Å²) >= 11 is 3.94. The number of fused-ring (bicyclic) bond motifs is 1. The largest absolute Gasteiger partial charge is 0.481 e. The fourth-order valence-corrected chi connectivity index (χ4v) is 7.01. The Kier molecular flexibility index (Phi) is 10.1. The van der Waals surface area contributed by atoms with E-state index >= 15 is 0 Å². The van der Waals surface area contributed by atoms with E-state index < -0.39 is 35.2 Å². The molecule has 4 rings (SSSR count). The SMILES string of the molecule is CON=C(C(=O)N[C@@H]1C(=O)N2C(C(=O)O)=C(CSc3cc[n+](NCCCCC(=O)O)cc3)CS[C@H]12)c1csc(N)n1. The maximum atomic E-state index is 13.0. The number of amides is 2. The van der Waals surface area contributed by atoms with E-state index in [1.54, 1.807) is 10.1 Å². The van der Waals surface area contributed by atoms with Crippen LogP contribution >= 0.6 is 34.9 Å². The van der Waals surface area contributed by atoms with Crippen molar-refractivity contribution in [2.45, 2.75) is 35.6 Å². The van der Waals surface area contributed by atoms with Crippen LogP contribution in [-0.2, 0) is 24.0 Å². The summed E-state index contributed by atoms with van der Waals surface area (Å²) in [5.41, 5.74) is 9.42. The normalized spacial score (nSPS) is 18.4. The zero-order chi connectivity index (χ0) is 29.5. The Bertz CT molecular complexity index is 1380. The number of oxime groups is 1. The summed E-state index contributed by atoms with van der Waals surface area (Å²) in [6.45, 7) is 0.628. The highest BCUT2D eigenvalue weighted by Crippen LogP contribution is 2.41. The molecule has 1 fully saturated rings. The topological polar surface area (TPSA) is 200 Å². The fourth-order valence-electron chi connectivity index (χ4n) is 4.09. The van der Waals surface area contributed by atoms with Crippen molar-refractivity contribution >= 4 is 69.5 Å². The zero-order valence-electron chi connectivity index (χ0n) is 21.8. The minimum atomic E-state index is -1.21. The first kappa shape index (κ1) is 30.1. The van der Waals surface area contributed by atoms with Crippen LogP contribution in [0.5, 0.6) is 0 Å². The van der Waals surface area contributed by atoms with Gasteiger partial charge < -0.3 is 26.1 Å². The molecule has 0 aliphatic carbocycles. The molecule has 0 unspecified atom stereocenters. The number of nitrogens with one attached hydrogen (secondary N) is 2. The molecule has 0 saturated carbocycles. The number of nitrogens with two attached hydrogens (primary N) is 1. The highest BCUT2D eigenvalue weighted by molar-refractivity contribution is 8.01. The predicted octanol–water partition coefficient (Wildman–Crippen LogP) is 0.693. The average Bonchev–Trinajstić information content (AvgIpc) is 3.38. The molecule has 14 nitrogen and oxygen atoms in total. The maximum Gasteiger partial charge on any atom is 0.352 e. The molecule has 2 atom stereocenters. The number of rotatable bonds is 14. The second-order valence-corrected chi connectivity index (χ2v) is 11.8. The van der Waals surface area contributed by atoms with Crippen LogP contribution in [0.3, 0.4) is 0 Å². The van der Waals surface area contributed by atoms with E-state index in [4.69, 9.17) is 15.7 Å². The van der Waals surface area contributed by atoms with Gasteiger partial charge >= 0.3 is 11.9 Å². The van der Waals surface area contributed by atoms with Crippen LogP contribution in [0.25, 0.3) is 0 Å². The number of unbranched alkanes of at least 4 members (excludes halogenated alkanes) is 1. The van der Waals surface area contributed by atoms with Crippen molar-refractivity contribution in [3.05, 3.63) is 46.9 Å². The number of aliphatic carboxylic acids is 2. The van der Waals surface area contributed by atoms with Crippen LogP contribution in [0.1, 0.15) is 25.0 Å². The van der Waals surface area contributed by atoms with Gasteiger partial charge in [-0.15, -0.1) is 34.9 Å². The number of nitrogen functional groups attached to an aromatic ring is 1. The van der Waals surface area contributed by atoms with Crippen LogP contribution in [0, 0.1) is 0 Å².